The highest BCUT2D eigenvalue weighted by Crippen LogP contribution is 2.29. The van der Waals surface area contributed by atoms with Gasteiger partial charge in [0.05, 0.1) is 29.3 Å². The minimum absolute atomic E-state index is 0.167. The van der Waals surface area contributed by atoms with Crippen molar-refractivity contribution in [2.45, 2.75) is 4.34 Å². The van der Waals surface area contributed by atoms with Gasteiger partial charge in [0.25, 0.3) is 5.91 Å². The van der Waals surface area contributed by atoms with E-state index in [2.05, 4.69) is 15.5 Å². The fourth-order valence-electron chi connectivity index (χ4n) is 2.66. The number of thioether (sulfide) groups is 1. The molecule has 2 aromatic heterocycles. The monoisotopic (exact) mass is 422 g/mol. The maximum absolute atomic E-state index is 12.0. The zero-order chi connectivity index (χ0) is 20.1. The number of aromatic nitrogens is 2. The van der Waals surface area contributed by atoms with Crippen molar-refractivity contribution in [3.05, 3.63) is 72.6 Å². The second-order valence-corrected chi connectivity index (χ2v) is 8.33. The Labute approximate surface area is 176 Å². The molecule has 0 atom stereocenters. The van der Waals surface area contributed by atoms with Gasteiger partial charge in [0, 0.05) is 23.6 Å². The number of amides is 1. The summed E-state index contributed by atoms with van der Waals surface area (Å²) in [5, 5.41) is 4.04. The molecule has 146 valence electrons. The predicted molar refractivity (Wildman–Crippen MR) is 118 cm³/mol. The van der Waals surface area contributed by atoms with Crippen LogP contribution in [0.4, 0.5) is 0 Å². The smallest absolute Gasteiger partial charge is 0.250 e. The second-order valence-electron chi connectivity index (χ2n) is 6.08. The van der Waals surface area contributed by atoms with Crippen molar-refractivity contribution in [1.29, 1.82) is 0 Å². The van der Waals surface area contributed by atoms with E-state index in [0.29, 0.717) is 0 Å². The SMILES string of the molecule is COc1ccc(-n2ccc(/C=N/NC(=O)CSc3nc4ccccc4s3)c2)cc1. The fraction of sp³-hybridized carbons (Fsp3) is 0.0952. The number of nitrogens with one attached hydrogen (secondary N) is 1. The molecule has 4 aromatic rings. The quantitative estimate of drug-likeness (QED) is 0.273. The molecule has 4 rings (SSSR count). The zero-order valence-corrected chi connectivity index (χ0v) is 17.2. The van der Waals surface area contributed by atoms with Crippen LogP contribution in [0.1, 0.15) is 5.56 Å². The van der Waals surface area contributed by atoms with Crippen LogP contribution in [0.2, 0.25) is 0 Å². The van der Waals surface area contributed by atoms with E-state index in [4.69, 9.17) is 4.74 Å². The number of ether oxygens (including phenoxy) is 1. The minimum atomic E-state index is -0.167. The molecule has 2 aromatic carbocycles. The molecule has 8 heteroatoms. The van der Waals surface area contributed by atoms with Crippen molar-refractivity contribution < 1.29 is 9.53 Å². The average molecular weight is 423 g/mol. The number of benzene rings is 2. The summed E-state index contributed by atoms with van der Waals surface area (Å²) in [6.07, 6.45) is 5.50. The lowest BCUT2D eigenvalue weighted by molar-refractivity contribution is -0.118. The van der Waals surface area contributed by atoms with Gasteiger partial charge in [0.1, 0.15) is 5.75 Å². The number of carbonyl (C=O) groups is 1. The Kier molecular flexibility index (Phi) is 5.92. The van der Waals surface area contributed by atoms with Crippen molar-refractivity contribution in [1.82, 2.24) is 15.0 Å². The van der Waals surface area contributed by atoms with Crippen LogP contribution in [0.25, 0.3) is 15.9 Å². The number of hydrogen-bond acceptors (Lipinski definition) is 6. The first kappa shape index (κ1) is 19.2. The molecule has 0 aliphatic rings. The number of carbonyl (C=O) groups excluding carboxylic acids is 1. The normalized spacial score (nSPS) is 11.2. The van der Waals surface area contributed by atoms with E-state index in [9.17, 15) is 4.79 Å². The number of fused-ring (bicyclic) bond motifs is 1. The molecule has 29 heavy (non-hydrogen) atoms. The molecule has 0 radical (unpaired) electrons. The summed E-state index contributed by atoms with van der Waals surface area (Å²) in [7, 11) is 1.64. The van der Waals surface area contributed by atoms with Crippen molar-refractivity contribution in [2.24, 2.45) is 5.10 Å². The highest BCUT2D eigenvalue weighted by atomic mass is 32.2. The lowest BCUT2D eigenvalue weighted by Gasteiger charge is -2.04. The lowest BCUT2D eigenvalue weighted by atomic mass is 10.3. The first-order valence-electron chi connectivity index (χ1n) is 8.84. The Bertz CT molecular complexity index is 1120. The van der Waals surface area contributed by atoms with E-state index in [0.717, 1.165) is 31.6 Å². The molecule has 0 spiro atoms. The first-order chi connectivity index (χ1) is 14.2. The van der Waals surface area contributed by atoms with Crippen LogP contribution < -0.4 is 10.2 Å². The number of hydrazone groups is 1. The maximum atomic E-state index is 12.0. The third-order valence-corrected chi connectivity index (χ3v) is 6.27. The summed E-state index contributed by atoms with van der Waals surface area (Å²) in [5.41, 5.74) is 5.42. The Morgan fingerprint density at radius 3 is 2.86 bits per heavy atom. The van der Waals surface area contributed by atoms with Gasteiger partial charge >= 0.3 is 0 Å². The molecule has 6 nitrogen and oxygen atoms in total. The van der Waals surface area contributed by atoms with E-state index in [1.54, 1.807) is 24.7 Å². The van der Waals surface area contributed by atoms with Crippen LogP contribution in [-0.2, 0) is 4.79 Å². The summed E-state index contributed by atoms with van der Waals surface area (Å²) in [6.45, 7) is 0. The van der Waals surface area contributed by atoms with Crippen LogP contribution in [0.3, 0.4) is 0 Å². The standard InChI is InChI=1S/C21H18N4O2S2/c1-27-17-8-6-16(7-9-17)25-11-10-15(13-25)12-22-24-20(26)14-28-21-23-18-4-2-3-5-19(18)29-21/h2-13H,14H2,1H3,(H,24,26)/b22-12+. The van der Waals surface area contributed by atoms with E-state index in [-0.39, 0.29) is 11.7 Å². The summed E-state index contributed by atoms with van der Waals surface area (Å²) in [5.74, 6) is 0.915. The minimum Gasteiger partial charge on any atom is -0.497 e. The first-order valence-corrected chi connectivity index (χ1v) is 10.6. The summed E-state index contributed by atoms with van der Waals surface area (Å²) >= 11 is 3.00. The van der Waals surface area contributed by atoms with Crippen LogP contribution in [-0.4, -0.2) is 34.5 Å². The van der Waals surface area contributed by atoms with Crippen molar-refractivity contribution in [2.75, 3.05) is 12.9 Å². The fourth-order valence-corrected chi connectivity index (χ4v) is 4.52. The molecule has 1 N–H and O–H groups in total. The van der Waals surface area contributed by atoms with Crippen LogP contribution in [0.5, 0.6) is 5.75 Å². The molecule has 0 aliphatic carbocycles. The molecule has 0 saturated carbocycles. The zero-order valence-electron chi connectivity index (χ0n) is 15.6. The van der Waals surface area contributed by atoms with Crippen LogP contribution in [0.15, 0.2) is 76.4 Å². The number of para-hydroxylation sites is 1. The van der Waals surface area contributed by atoms with Gasteiger partial charge in [-0.15, -0.1) is 11.3 Å². The van der Waals surface area contributed by atoms with Gasteiger partial charge in [-0.05, 0) is 42.5 Å². The van der Waals surface area contributed by atoms with Crippen molar-refractivity contribution >= 4 is 45.4 Å². The van der Waals surface area contributed by atoms with Gasteiger partial charge in [-0.25, -0.2) is 10.4 Å². The Hall–Kier alpha value is -3.10. The van der Waals surface area contributed by atoms with Gasteiger partial charge in [0.15, 0.2) is 4.34 Å². The van der Waals surface area contributed by atoms with Crippen molar-refractivity contribution in [3.8, 4) is 11.4 Å². The summed E-state index contributed by atoms with van der Waals surface area (Å²) < 4.78 is 9.15. The maximum Gasteiger partial charge on any atom is 0.250 e. The molecular weight excluding hydrogens is 404 g/mol. The molecule has 0 saturated heterocycles. The van der Waals surface area contributed by atoms with Crippen LogP contribution in [0, 0.1) is 0 Å². The second kappa shape index (κ2) is 8.93. The summed E-state index contributed by atoms with van der Waals surface area (Å²) in [4.78, 5) is 16.5. The van der Waals surface area contributed by atoms with Gasteiger partial charge in [-0.3, -0.25) is 4.79 Å². The van der Waals surface area contributed by atoms with E-state index in [1.807, 2.05) is 71.6 Å². The van der Waals surface area contributed by atoms with Gasteiger partial charge in [0.2, 0.25) is 0 Å². The topological polar surface area (TPSA) is 68.5 Å². The molecular formula is C21H18N4O2S2. The highest BCUT2D eigenvalue weighted by molar-refractivity contribution is 8.01. The Morgan fingerprint density at radius 2 is 2.07 bits per heavy atom. The number of hydrogen-bond donors (Lipinski definition) is 1. The van der Waals surface area contributed by atoms with Gasteiger partial charge in [-0.1, -0.05) is 23.9 Å². The number of thiazole rings is 1. The Morgan fingerprint density at radius 1 is 1.24 bits per heavy atom. The summed E-state index contributed by atoms with van der Waals surface area (Å²) in [6, 6.07) is 17.6. The molecule has 0 bridgehead atoms. The van der Waals surface area contributed by atoms with Gasteiger partial charge in [-0.2, -0.15) is 5.10 Å². The van der Waals surface area contributed by atoms with Crippen LogP contribution >= 0.6 is 23.1 Å². The number of rotatable bonds is 7. The van der Waals surface area contributed by atoms with Crippen molar-refractivity contribution in [3.63, 3.8) is 0 Å². The largest absolute Gasteiger partial charge is 0.497 e. The molecule has 1 amide bonds. The average Bonchev–Trinajstić information content (AvgIpc) is 3.39. The van der Waals surface area contributed by atoms with E-state index < -0.39 is 0 Å². The number of nitrogens with zero attached hydrogens (tertiary/aromatic N) is 3. The Balaban J connectivity index is 1.29. The third kappa shape index (κ3) is 4.85. The molecule has 2 heterocycles. The molecule has 0 unspecified atom stereocenters. The molecule has 0 fully saturated rings. The predicted octanol–water partition coefficient (Wildman–Crippen LogP) is 4.34. The van der Waals surface area contributed by atoms with E-state index in [1.165, 1.54) is 11.8 Å². The lowest BCUT2D eigenvalue weighted by Crippen LogP contribution is -2.19. The molecule has 0 aliphatic heterocycles. The van der Waals surface area contributed by atoms with E-state index >= 15 is 0 Å². The third-order valence-electron chi connectivity index (χ3n) is 4.09. The van der Waals surface area contributed by atoms with Gasteiger partial charge < -0.3 is 9.30 Å². The highest BCUT2D eigenvalue weighted by Gasteiger charge is 2.07. The number of methoxy groups -OCH3 is 1.